The Bertz CT molecular complexity index is 640. The van der Waals surface area contributed by atoms with Crippen molar-refractivity contribution in [2.24, 2.45) is 0 Å². The molecule has 142 valence electrons. The van der Waals surface area contributed by atoms with Crippen molar-refractivity contribution in [3.63, 3.8) is 0 Å². The third kappa shape index (κ3) is 3.71. The quantitative estimate of drug-likeness (QED) is 0.877. The minimum Gasteiger partial charge on any atom is -0.375 e. The summed E-state index contributed by atoms with van der Waals surface area (Å²) in [5, 5.41) is 2.69. The highest BCUT2D eigenvalue weighted by atomic mass is 19.1. The zero-order valence-electron chi connectivity index (χ0n) is 15.3. The topological polar surface area (TPSA) is 44.8 Å². The highest BCUT2D eigenvalue weighted by molar-refractivity contribution is 5.89. The molecule has 6 heteroatoms. The first kappa shape index (κ1) is 17.7. The number of carbonyl (C=O) groups is 1. The minimum absolute atomic E-state index is 0.0831. The molecule has 1 spiro atoms. The number of carbonyl (C=O) groups excluding carboxylic acids is 1. The maximum atomic E-state index is 13.7. The summed E-state index contributed by atoms with van der Waals surface area (Å²) in [4.78, 5) is 16.9. The molecule has 1 aromatic carbocycles. The molecular weight excluding hydrogens is 333 g/mol. The summed E-state index contributed by atoms with van der Waals surface area (Å²) in [6.45, 7) is 4.58. The first-order valence-electron chi connectivity index (χ1n) is 9.84. The summed E-state index contributed by atoms with van der Waals surface area (Å²) in [7, 11) is 0. The van der Waals surface area contributed by atoms with Crippen LogP contribution in [0.1, 0.15) is 38.5 Å². The number of nitrogens with one attached hydrogen (secondary N) is 1. The van der Waals surface area contributed by atoms with E-state index < -0.39 is 5.82 Å². The number of halogens is 1. The van der Waals surface area contributed by atoms with Crippen LogP contribution in [0.15, 0.2) is 24.3 Å². The second kappa shape index (κ2) is 7.53. The number of piperidine rings is 1. The van der Waals surface area contributed by atoms with Crippen molar-refractivity contribution in [2.75, 3.05) is 38.1 Å². The molecule has 5 nitrogen and oxygen atoms in total. The monoisotopic (exact) mass is 361 g/mol. The molecular formula is C20H28FN3O2. The summed E-state index contributed by atoms with van der Waals surface area (Å²) in [5.41, 5.74) is 0.154. The van der Waals surface area contributed by atoms with Gasteiger partial charge in [0.05, 0.1) is 11.3 Å². The van der Waals surface area contributed by atoms with Crippen molar-refractivity contribution in [3.05, 3.63) is 30.1 Å². The van der Waals surface area contributed by atoms with Crippen LogP contribution in [0.25, 0.3) is 0 Å². The van der Waals surface area contributed by atoms with Crippen molar-refractivity contribution in [1.82, 2.24) is 9.80 Å². The van der Waals surface area contributed by atoms with Gasteiger partial charge in [-0.1, -0.05) is 12.1 Å². The number of benzene rings is 1. The number of anilines is 1. The summed E-state index contributed by atoms with van der Waals surface area (Å²) >= 11 is 0. The number of urea groups is 1. The predicted octanol–water partition coefficient (Wildman–Crippen LogP) is 3.47. The number of nitrogens with zero attached hydrogens (tertiary/aromatic N) is 2. The van der Waals surface area contributed by atoms with Gasteiger partial charge in [-0.25, -0.2) is 9.18 Å². The molecule has 1 N–H and O–H groups in total. The van der Waals surface area contributed by atoms with Gasteiger partial charge in [0.2, 0.25) is 0 Å². The number of amides is 2. The first-order chi connectivity index (χ1) is 12.7. The third-order valence-corrected chi connectivity index (χ3v) is 6.20. The van der Waals surface area contributed by atoms with Crippen molar-refractivity contribution in [1.29, 1.82) is 0 Å². The number of hydrogen-bond acceptors (Lipinski definition) is 3. The van der Waals surface area contributed by atoms with Gasteiger partial charge in [-0.15, -0.1) is 0 Å². The van der Waals surface area contributed by atoms with Crippen LogP contribution in [0.3, 0.4) is 0 Å². The van der Waals surface area contributed by atoms with Crippen LogP contribution in [-0.2, 0) is 4.74 Å². The fraction of sp³-hybridized carbons (Fsp3) is 0.650. The molecule has 1 atom stereocenters. The first-order valence-corrected chi connectivity index (χ1v) is 9.84. The number of hydrogen-bond donors (Lipinski definition) is 1. The molecule has 4 rings (SSSR count). The van der Waals surface area contributed by atoms with E-state index in [2.05, 4.69) is 10.2 Å². The van der Waals surface area contributed by atoms with E-state index in [4.69, 9.17) is 4.74 Å². The average molecular weight is 361 g/mol. The molecule has 3 aliphatic heterocycles. The normalized spacial score (nSPS) is 26.2. The van der Waals surface area contributed by atoms with Crippen molar-refractivity contribution in [3.8, 4) is 0 Å². The summed E-state index contributed by atoms with van der Waals surface area (Å²) in [6, 6.07) is 6.69. The Hall–Kier alpha value is -1.66. The molecule has 0 aromatic heterocycles. The molecule has 26 heavy (non-hydrogen) atoms. The second-order valence-electron chi connectivity index (χ2n) is 7.82. The molecule has 1 aromatic rings. The highest BCUT2D eigenvalue weighted by Gasteiger charge is 2.42. The molecule has 2 amide bonds. The SMILES string of the molecule is O=C(Nc1ccccc1F)N1CCC2(CC1)CC(N1CCCC1)CCO2. The van der Waals surface area contributed by atoms with Gasteiger partial charge < -0.3 is 19.9 Å². The fourth-order valence-electron chi connectivity index (χ4n) is 4.64. The Balaban J connectivity index is 1.33. The van der Waals surface area contributed by atoms with E-state index in [1.54, 1.807) is 23.1 Å². The fourth-order valence-corrected chi connectivity index (χ4v) is 4.64. The van der Waals surface area contributed by atoms with Gasteiger partial charge in [0.15, 0.2) is 0 Å². The summed E-state index contributed by atoms with van der Waals surface area (Å²) < 4.78 is 20.0. The number of likely N-dealkylation sites (tertiary alicyclic amines) is 2. The lowest BCUT2D eigenvalue weighted by Gasteiger charge is -2.47. The van der Waals surface area contributed by atoms with E-state index >= 15 is 0 Å². The lowest BCUT2D eigenvalue weighted by molar-refractivity contribution is -0.127. The number of rotatable bonds is 2. The Morgan fingerprint density at radius 2 is 1.88 bits per heavy atom. The molecule has 3 heterocycles. The van der Waals surface area contributed by atoms with Crippen molar-refractivity contribution in [2.45, 2.75) is 50.2 Å². The lowest BCUT2D eigenvalue weighted by Crippen LogP contribution is -2.54. The molecule has 0 radical (unpaired) electrons. The third-order valence-electron chi connectivity index (χ3n) is 6.20. The van der Waals surface area contributed by atoms with Crippen LogP contribution in [0, 0.1) is 5.82 Å². The van der Waals surface area contributed by atoms with E-state index in [-0.39, 0.29) is 17.3 Å². The maximum absolute atomic E-state index is 13.7. The van der Waals surface area contributed by atoms with E-state index in [1.807, 2.05) is 0 Å². The Morgan fingerprint density at radius 3 is 2.62 bits per heavy atom. The molecule has 3 fully saturated rings. The Labute approximate surface area is 154 Å². The van der Waals surface area contributed by atoms with Gasteiger partial charge >= 0.3 is 6.03 Å². The van der Waals surface area contributed by atoms with Crippen molar-refractivity contribution >= 4 is 11.7 Å². The van der Waals surface area contributed by atoms with Gasteiger partial charge in [-0.05, 0) is 63.7 Å². The van der Waals surface area contributed by atoms with E-state index in [0.29, 0.717) is 19.1 Å². The molecule has 1 unspecified atom stereocenters. The Morgan fingerprint density at radius 1 is 1.15 bits per heavy atom. The zero-order valence-corrected chi connectivity index (χ0v) is 15.3. The van der Waals surface area contributed by atoms with Crippen LogP contribution in [0.4, 0.5) is 14.9 Å². The molecule has 0 saturated carbocycles. The average Bonchev–Trinajstić information content (AvgIpc) is 3.19. The van der Waals surface area contributed by atoms with Crippen LogP contribution in [0.2, 0.25) is 0 Å². The van der Waals surface area contributed by atoms with Crippen LogP contribution in [0.5, 0.6) is 0 Å². The van der Waals surface area contributed by atoms with Gasteiger partial charge in [-0.3, -0.25) is 0 Å². The molecule has 0 aliphatic carbocycles. The summed E-state index contributed by atoms with van der Waals surface area (Å²) in [6.07, 6.45) is 6.56. The van der Waals surface area contributed by atoms with Gasteiger partial charge in [0.1, 0.15) is 5.82 Å². The maximum Gasteiger partial charge on any atom is 0.321 e. The molecule has 3 aliphatic rings. The molecule has 0 bridgehead atoms. The van der Waals surface area contributed by atoms with E-state index in [1.165, 1.54) is 32.0 Å². The van der Waals surface area contributed by atoms with E-state index in [0.717, 1.165) is 32.3 Å². The van der Waals surface area contributed by atoms with Crippen LogP contribution in [-0.4, -0.2) is 60.3 Å². The van der Waals surface area contributed by atoms with Gasteiger partial charge in [-0.2, -0.15) is 0 Å². The molecule has 3 saturated heterocycles. The van der Waals surface area contributed by atoms with Crippen molar-refractivity contribution < 1.29 is 13.9 Å². The standard InChI is InChI=1S/C20H28FN3O2/c21-17-5-1-2-6-18(17)22-19(25)24-12-8-20(9-13-24)15-16(7-14-26-20)23-10-3-4-11-23/h1-2,5-6,16H,3-4,7-15H2,(H,22,25). The zero-order chi connectivity index (χ0) is 18.0. The number of para-hydroxylation sites is 1. The lowest BCUT2D eigenvalue weighted by atomic mass is 9.82. The highest BCUT2D eigenvalue weighted by Crippen LogP contribution is 2.37. The van der Waals surface area contributed by atoms with E-state index in [9.17, 15) is 9.18 Å². The smallest absolute Gasteiger partial charge is 0.321 e. The Kier molecular flexibility index (Phi) is 5.14. The van der Waals surface area contributed by atoms with Crippen LogP contribution >= 0.6 is 0 Å². The largest absolute Gasteiger partial charge is 0.375 e. The van der Waals surface area contributed by atoms with Gasteiger partial charge in [0.25, 0.3) is 0 Å². The second-order valence-corrected chi connectivity index (χ2v) is 7.82. The summed E-state index contributed by atoms with van der Waals surface area (Å²) in [5.74, 6) is -0.404. The predicted molar refractivity (Wildman–Crippen MR) is 98.7 cm³/mol. The minimum atomic E-state index is -0.404. The van der Waals surface area contributed by atoms with Crippen LogP contribution < -0.4 is 5.32 Å². The van der Waals surface area contributed by atoms with Gasteiger partial charge in [0, 0.05) is 25.7 Å². The number of ether oxygens (including phenoxy) is 1.